The molecule has 4 aromatic rings. The van der Waals surface area contributed by atoms with Crippen molar-refractivity contribution >= 4 is 17.6 Å². The van der Waals surface area contributed by atoms with E-state index in [2.05, 4.69) is 0 Å². The van der Waals surface area contributed by atoms with Crippen LogP contribution in [0.5, 0.6) is 17.2 Å². The fourth-order valence-electron chi connectivity index (χ4n) is 7.65. The highest BCUT2D eigenvalue weighted by atomic mass is 16.7. The molecule has 0 aliphatic carbocycles. The standard InChI is InChI=1S/C36H32N2O9/c1-43-27-18-10-7-14-23(27)32-35(38(41)42)29(20-30(39)45-3)46-31-24(15-11-19-28(31)44-2)33(35)47-36(32)25-16-8-9-17-26(25)37(34(36)40)21-22-12-5-4-6-13-22/h4-19,29,32-33H,20-21H2,1-3H3/t29-,32+,33+,35-,36-/m1/s1. The molecule has 7 rings (SSSR count). The maximum Gasteiger partial charge on any atom is 0.309 e. The summed E-state index contributed by atoms with van der Waals surface area (Å²) in [5.74, 6) is -1.72. The summed E-state index contributed by atoms with van der Waals surface area (Å²) in [5, 5.41) is 14.0. The van der Waals surface area contributed by atoms with Crippen LogP contribution in [-0.4, -0.2) is 49.8 Å². The van der Waals surface area contributed by atoms with E-state index >= 15 is 4.79 Å². The molecule has 0 bridgehead atoms. The largest absolute Gasteiger partial charge is 0.496 e. The second-order valence-corrected chi connectivity index (χ2v) is 11.7. The molecule has 1 saturated heterocycles. The van der Waals surface area contributed by atoms with E-state index in [4.69, 9.17) is 23.7 Å². The molecular weight excluding hydrogens is 604 g/mol. The number of nitrogens with zero attached hydrogens (tertiary/aromatic N) is 2. The average molecular weight is 637 g/mol. The molecule has 5 atom stereocenters. The summed E-state index contributed by atoms with van der Waals surface area (Å²) < 4.78 is 29.9. The van der Waals surface area contributed by atoms with Gasteiger partial charge in [0.05, 0.1) is 40.0 Å². The van der Waals surface area contributed by atoms with E-state index in [0.717, 1.165) is 5.56 Å². The zero-order chi connectivity index (χ0) is 32.9. The summed E-state index contributed by atoms with van der Waals surface area (Å²) >= 11 is 0. The number of carbonyl (C=O) groups excluding carboxylic acids is 2. The van der Waals surface area contributed by atoms with Crippen molar-refractivity contribution in [2.24, 2.45) is 0 Å². The minimum absolute atomic E-state index is 0.196. The van der Waals surface area contributed by atoms with Gasteiger partial charge in [-0.05, 0) is 23.8 Å². The smallest absolute Gasteiger partial charge is 0.309 e. The summed E-state index contributed by atoms with van der Waals surface area (Å²) in [6.45, 7) is 0.197. The lowest BCUT2D eigenvalue weighted by Crippen LogP contribution is -2.61. The molecule has 11 nitrogen and oxygen atoms in total. The van der Waals surface area contributed by atoms with Crippen molar-refractivity contribution in [2.45, 2.75) is 42.2 Å². The topological polar surface area (TPSA) is 127 Å². The third kappa shape index (κ3) is 4.22. The van der Waals surface area contributed by atoms with Crippen molar-refractivity contribution in [3.8, 4) is 17.2 Å². The lowest BCUT2D eigenvalue weighted by Gasteiger charge is -2.41. The number of amides is 1. The molecule has 0 aromatic heterocycles. The number of methoxy groups -OCH3 is 3. The predicted octanol–water partition coefficient (Wildman–Crippen LogP) is 5.34. The molecular formula is C36H32N2O9. The number of esters is 1. The van der Waals surface area contributed by atoms with Gasteiger partial charge < -0.3 is 28.6 Å². The third-order valence-corrected chi connectivity index (χ3v) is 9.57. The van der Waals surface area contributed by atoms with Crippen molar-refractivity contribution in [3.05, 3.63) is 129 Å². The van der Waals surface area contributed by atoms with Gasteiger partial charge >= 0.3 is 5.97 Å². The van der Waals surface area contributed by atoms with Gasteiger partial charge in [0.1, 0.15) is 11.7 Å². The minimum Gasteiger partial charge on any atom is -0.496 e. The van der Waals surface area contributed by atoms with Crippen LogP contribution in [0, 0.1) is 10.1 Å². The van der Waals surface area contributed by atoms with Gasteiger partial charge in [0.25, 0.3) is 11.4 Å². The van der Waals surface area contributed by atoms with E-state index in [1.54, 1.807) is 59.5 Å². The van der Waals surface area contributed by atoms with Gasteiger partial charge in [-0.25, -0.2) is 0 Å². The number of para-hydroxylation sites is 3. The molecule has 0 radical (unpaired) electrons. The molecule has 1 fully saturated rings. The van der Waals surface area contributed by atoms with E-state index in [0.29, 0.717) is 33.9 Å². The highest BCUT2D eigenvalue weighted by molar-refractivity contribution is 6.08. The number of fused-ring (bicyclic) bond motifs is 5. The Hall–Kier alpha value is -5.42. The average Bonchev–Trinajstić information content (AvgIpc) is 3.55. The zero-order valence-electron chi connectivity index (χ0n) is 26.0. The van der Waals surface area contributed by atoms with E-state index in [1.807, 2.05) is 42.5 Å². The van der Waals surface area contributed by atoms with Crippen molar-refractivity contribution in [1.29, 1.82) is 0 Å². The van der Waals surface area contributed by atoms with Crippen LogP contribution in [0.15, 0.2) is 97.1 Å². The Balaban J connectivity index is 1.57. The van der Waals surface area contributed by atoms with Gasteiger partial charge in [0, 0.05) is 21.6 Å². The molecule has 47 heavy (non-hydrogen) atoms. The third-order valence-electron chi connectivity index (χ3n) is 9.57. The summed E-state index contributed by atoms with van der Waals surface area (Å²) in [6.07, 6.45) is -3.31. The quantitative estimate of drug-likeness (QED) is 0.143. The number of ether oxygens (including phenoxy) is 5. The lowest BCUT2D eigenvalue weighted by atomic mass is 9.63. The normalized spacial score (nSPS) is 25.4. The molecule has 4 aromatic carbocycles. The first-order valence-electron chi connectivity index (χ1n) is 15.1. The summed E-state index contributed by atoms with van der Waals surface area (Å²) in [5.41, 5.74) is -1.57. The SMILES string of the molecule is COC(=O)C[C@H]1Oc2c(OC)cccc2[C@@H]2O[C@@]3(C(=O)N(Cc4ccccc4)c4ccccc43)[C@@H](c3ccccc3OC)[C@]12[N+](=O)[O-]. The van der Waals surface area contributed by atoms with Crippen LogP contribution in [0.25, 0.3) is 0 Å². The van der Waals surface area contributed by atoms with Crippen molar-refractivity contribution in [1.82, 2.24) is 0 Å². The number of nitro groups is 1. The van der Waals surface area contributed by atoms with Crippen LogP contribution >= 0.6 is 0 Å². The molecule has 11 heteroatoms. The highest BCUT2D eigenvalue weighted by Gasteiger charge is 2.82. The van der Waals surface area contributed by atoms with Crippen LogP contribution in [0.4, 0.5) is 5.69 Å². The monoisotopic (exact) mass is 636 g/mol. The highest BCUT2D eigenvalue weighted by Crippen LogP contribution is 2.70. The van der Waals surface area contributed by atoms with Gasteiger partial charge in [-0.2, -0.15) is 0 Å². The summed E-state index contributed by atoms with van der Waals surface area (Å²) in [6, 6.07) is 28.5. The Morgan fingerprint density at radius 3 is 2.26 bits per heavy atom. The molecule has 1 amide bonds. The number of anilines is 1. The second-order valence-electron chi connectivity index (χ2n) is 11.7. The summed E-state index contributed by atoms with van der Waals surface area (Å²) in [7, 11) is 4.13. The van der Waals surface area contributed by atoms with E-state index in [1.165, 1.54) is 21.3 Å². The van der Waals surface area contributed by atoms with Crippen molar-refractivity contribution in [3.63, 3.8) is 0 Å². The fourth-order valence-corrected chi connectivity index (χ4v) is 7.65. The first-order valence-corrected chi connectivity index (χ1v) is 15.1. The maximum atomic E-state index is 15.3. The second kappa shape index (κ2) is 11.4. The Bertz CT molecular complexity index is 1880. The van der Waals surface area contributed by atoms with Crippen LogP contribution in [-0.2, 0) is 31.2 Å². The van der Waals surface area contributed by atoms with Crippen LogP contribution in [0.2, 0.25) is 0 Å². The minimum atomic E-state index is -2.23. The number of carbonyl (C=O) groups is 2. The van der Waals surface area contributed by atoms with E-state index in [9.17, 15) is 14.9 Å². The molecule has 0 saturated carbocycles. The first-order chi connectivity index (χ1) is 22.8. The predicted molar refractivity (Wildman–Crippen MR) is 169 cm³/mol. The Labute approximate surface area is 270 Å². The molecule has 3 heterocycles. The van der Waals surface area contributed by atoms with Gasteiger partial charge in [-0.3, -0.25) is 19.7 Å². The number of hydrogen-bond acceptors (Lipinski definition) is 9. The van der Waals surface area contributed by atoms with Crippen LogP contribution < -0.4 is 19.1 Å². The lowest BCUT2D eigenvalue weighted by molar-refractivity contribution is -0.593. The Morgan fingerprint density at radius 2 is 1.53 bits per heavy atom. The zero-order valence-corrected chi connectivity index (χ0v) is 26.0. The van der Waals surface area contributed by atoms with Crippen molar-refractivity contribution < 1.29 is 38.2 Å². The maximum absolute atomic E-state index is 15.3. The van der Waals surface area contributed by atoms with Gasteiger partial charge in [0.2, 0.25) is 0 Å². The summed E-state index contributed by atoms with van der Waals surface area (Å²) in [4.78, 5) is 43.5. The molecule has 3 aliphatic heterocycles. The molecule has 240 valence electrons. The van der Waals surface area contributed by atoms with E-state index < -0.39 is 52.5 Å². The van der Waals surface area contributed by atoms with E-state index in [-0.39, 0.29) is 12.3 Å². The van der Waals surface area contributed by atoms with Crippen LogP contribution in [0.3, 0.4) is 0 Å². The molecule has 0 N–H and O–H groups in total. The Kier molecular flexibility index (Phi) is 7.35. The number of rotatable bonds is 8. The van der Waals surface area contributed by atoms with Gasteiger partial charge in [0.15, 0.2) is 29.3 Å². The van der Waals surface area contributed by atoms with Gasteiger partial charge in [-0.15, -0.1) is 0 Å². The molecule has 3 aliphatic rings. The van der Waals surface area contributed by atoms with Crippen LogP contribution in [0.1, 0.15) is 40.7 Å². The first kappa shape index (κ1) is 30.2. The number of benzene rings is 4. The fraction of sp³-hybridized carbons (Fsp3) is 0.278. The number of hydrogen-bond donors (Lipinski definition) is 0. The Morgan fingerprint density at radius 1 is 0.872 bits per heavy atom. The molecule has 1 spiro atoms. The van der Waals surface area contributed by atoms with Gasteiger partial charge in [-0.1, -0.05) is 78.9 Å². The molecule has 0 unspecified atom stereocenters. The van der Waals surface area contributed by atoms with Crippen molar-refractivity contribution in [2.75, 3.05) is 26.2 Å².